The Balaban J connectivity index is 1.39. The molecule has 0 spiro atoms. The highest BCUT2D eigenvalue weighted by Gasteiger charge is 2.35. The summed E-state index contributed by atoms with van der Waals surface area (Å²) in [5, 5.41) is 8.73. The lowest BCUT2D eigenvalue weighted by Crippen LogP contribution is -2.44. The van der Waals surface area contributed by atoms with E-state index in [1.807, 2.05) is 29.0 Å². The third-order valence-electron chi connectivity index (χ3n) is 4.95. The van der Waals surface area contributed by atoms with Gasteiger partial charge in [-0.2, -0.15) is 0 Å². The van der Waals surface area contributed by atoms with Gasteiger partial charge in [-0.3, -0.25) is 14.7 Å². The van der Waals surface area contributed by atoms with E-state index in [-0.39, 0.29) is 11.9 Å². The Bertz CT molecular complexity index is 754. The second kappa shape index (κ2) is 6.55. The van der Waals surface area contributed by atoms with Gasteiger partial charge in [0.2, 0.25) is 5.91 Å². The highest BCUT2D eigenvalue weighted by molar-refractivity contribution is 5.78. The molecule has 3 heterocycles. The molecule has 0 saturated heterocycles. The lowest BCUT2D eigenvalue weighted by Gasteiger charge is -2.33. The quantitative estimate of drug-likeness (QED) is 0.827. The predicted octanol–water partition coefficient (Wildman–Crippen LogP) is 1.59. The van der Waals surface area contributed by atoms with Crippen LogP contribution in [-0.4, -0.2) is 55.6 Å². The molecular formula is C18H24N6O. The average molecular weight is 340 g/mol. The second-order valence-corrected chi connectivity index (χ2v) is 7.27. The first kappa shape index (κ1) is 16.2. The van der Waals surface area contributed by atoms with E-state index in [9.17, 15) is 4.79 Å². The van der Waals surface area contributed by atoms with Crippen molar-refractivity contribution in [3.05, 3.63) is 41.7 Å². The maximum Gasteiger partial charge on any atom is 0.237 e. The maximum absolute atomic E-state index is 12.7. The van der Waals surface area contributed by atoms with E-state index in [1.165, 1.54) is 12.8 Å². The molecular weight excluding hydrogens is 316 g/mol. The van der Waals surface area contributed by atoms with Crippen LogP contribution in [0.25, 0.3) is 0 Å². The zero-order valence-electron chi connectivity index (χ0n) is 14.8. The standard InChI is InChI=1S/C18H24N6O/c1-13-9-23(11-16-20-21-18(24(13)16)15-3-4-15)17(25)12-22(2)10-14-5-7-19-8-6-14/h5-8,13,15H,3-4,9-12H2,1-2H3/t13-/m0/s1. The van der Waals surface area contributed by atoms with E-state index in [0.717, 1.165) is 30.3 Å². The van der Waals surface area contributed by atoms with Crippen LogP contribution >= 0.6 is 0 Å². The van der Waals surface area contributed by atoms with Crippen molar-refractivity contribution in [1.29, 1.82) is 0 Å². The summed E-state index contributed by atoms with van der Waals surface area (Å²) in [4.78, 5) is 20.7. The number of carbonyl (C=O) groups is 1. The molecule has 4 rings (SSSR count). The number of hydrogen-bond acceptors (Lipinski definition) is 5. The van der Waals surface area contributed by atoms with Gasteiger partial charge in [0.1, 0.15) is 5.82 Å². The van der Waals surface area contributed by atoms with Crippen molar-refractivity contribution >= 4 is 5.91 Å². The molecule has 2 aliphatic rings. The summed E-state index contributed by atoms with van der Waals surface area (Å²) in [5.74, 6) is 2.76. The first-order chi connectivity index (χ1) is 12.1. The van der Waals surface area contributed by atoms with Crippen molar-refractivity contribution in [2.45, 2.75) is 44.8 Å². The summed E-state index contributed by atoms with van der Waals surface area (Å²) in [6.45, 7) is 4.58. The van der Waals surface area contributed by atoms with E-state index >= 15 is 0 Å². The number of pyridine rings is 1. The van der Waals surface area contributed by atoms with Crippen molar-refractivity contribution < 1.29 is 4.79 Å². The topological polar surface area (TPSA) is 67.2 Å². The summed E-state index contributed by atoms with van der Waals surface area (Å²) in [6.07, 6.45) is 5.99. The van der Waals surface area contributed by atoms with Gasteiger partial charge < -0.3 is 9.47 Å². The Kier molecular flexibility index (Phi) is 4.25. The van der Waals surface area contributed by atoms with Crippen molar-refractivity contribution in [1.82, 2.24) is 29.5 Å². The molecule has 0 bridgehead atoms. The molecule has 0 unspecified atom stereocenters. The van der Waals surface area contributed by atoms with Gasteiger partial charge in [-0.15, -0.1) is 10.2 Å². The SMILES string of the molecule is C[C@H]1CN(C(=O)CN(C)Cc2ccncc2)Cc2nnc(C3CC3)n21. The molecule has 0 radical (unpaired) electrons. The second-order valence-electron chi connectivity index (χ2n) is 7.27. The fourth-order valence-corrected chi connectivity index (χ4v) is 3.56. The van der Waals surface area contributed by atoms with E-state index in [0.29, 0.717) is 19.0 Å². The fraction of sp³-hybridized carbons (Fsp3) is 0.556. The summed E-state index contributed by atoms with van der Waals surface area (Å²) in [6, 6.07) is 4.20. The summed E-state index contributed by atoms with van der Waals surface area (Å²) < 4.78 is 2.25. The summed E-state index contributed by atoms with van der Waals surface area (Å²) >= 11 is 0. The molecule has 1 aliphatic carbocycles. The fourth-order valence-electron chi connectivity index (χ4n) is 3.56. The Morgan fingerprint density at radius 1 is 1.28 bits per heavy atom. The van der Waals surface area contributed by atoms with Gasteiger partial charge in [-0.05, 0) is 44.5 Å². The Hall–Kier alpha value is -2.28. The Morgan fingerprint density at radius 2 is 2.04 bits per heavy atom. The predicted molar refractivity (Wildman–Crippen MR) is 92.7 cm³/mol. The van der Waals surface area contributed by atoms with Crippen molar-refractivity contribution in [2.75, 3.05) is 20.1 Å². The normalized spacial score (nSPS) is 20.0. The van der Waals surface area contributed by atoms with Gasteiger partial charge in [0, 0.05) is 31.4 Å². The van der Waals surface area contributed by atoms with E-state index in [4.69, 9.17) is 0 Å². The first-order valence-corrected chi connectivity index (χ1v) is 8.90. The number of hydrogen-bond donors (Lipinski definition) is 0. The highest BCUT2D eigenvalue weighted by atomic mass is 16.2. The molecule has 1 atom stereocenters. The highest BCUT2D eigenvalue weighted by Crippen LogP contribution is 2.40. The van der Waals surface area contributed by atoms with Crippen LogP contribution in [0.2, 0.25) is 0 Å². The lowest BCUT2D eigenvalue weighted by atomic mass is 10.2. The van der Waals surface area contributed by atoms with Crippen LogP contribution in [0.3, 0.4) is 0 Å². The molecule has 1 aliphatic heterocycles. The van der Waals surface area contributed by atoms with Crippen LogP contribution in [0.5, 0.6) is 0 Å². The number of fused-ring (bicyclic) bond motifs is 1. The van der Waals surface area contributed by atoms with Crippen LogP contribution < -0.4 is 0 Å². The molecule has 25 heavy (non-hydrogen) atoms. The average Bonchev–Trinajstić information content (AvgIpc) is 3.34. The lowest BCUT2D eigenvalue weighted by molar-refractivity contribution is -0.134. The van der Waals surface area contributed by atoms with E-state index in [1.54, 1.807) is 12.4 Å². The van der Waals surface area contributed by atoms with Gasteiger partial charge in [0.05, 0.1) is 19.1 Å². The Labute approximate surface area is 147 Å². The number of likely N-dealkylation sites (N-methyl/N-ethyl adjacent to an activating group) is 1. The Morgan fingerprint density at radius 3 is 2.76 bits per heavy atom. The van der Waals surface area contributed by atoms with Crippen LogP contribution in [0.4, 0.5) is 0 Å². The number of amides is 1. The first-order valence-electron chi connectivity index (χ1n) is 8.90. The van der Waals surface area contributed by atoms with E-state index < -0.39 is 0 Å². The van der Waals surface area contributed by atoms with Gasteiger partial charge in [0.25, 0.3) is 0 Å². The number of aromatic nitrogens is 4. The minimum Gasteiger partial charge on any atom is -0.332 e. The molecule has 2 aromatic heterocycles. The molecule has 0 N–H and O–H groups in total. The van der Waals surface area contributed by atoms with Crippen molar-refractivity contribution in [3.63, 3.8) is 0 Å². The van der Waals surface area contributed by atoms with Crippen LogP contribution in [0.15, 0.2) is 24.5 Å². The summed E-state index contributed by atoms with van der Waals surface area (Å²) in [5.41, 5.74) is 1.16. The minimum absolute atomic E-state index is 0.144. The monoisotopic (exact) mass is 340 g/mol. The molecule has 1 saturated carbocycles. The van der Waals surface area contributed by atoms with Crippen LogP contribution in [0.1, 0.15) is 48.9 Å². The van der Waals surface area contributed by atoms with Crippen molar-refractivity contribution in [3.8, 4) is 0 Å². The zero-order valence-corrected chi connectivity index (χ0v) is 14.8. The third-order valence-corrected chi connectivity index (χ3v) is 4.95. The van der Waals surface area contributed by atoms with E-state index in [2.05, 4.69) is 26.7 Å². The molecule has 1 fully saturated rings. The van der Waals surface area contributed by atoms with Gasteiger partial charge in [-0.25, -0.2) is 0 Å². The molecule has 132 valence electrons. The molecule has 0 aromatic carbocycles. The smallest absolute Gasteiger partial charge is 0.237 e. The van der Waals surface area contributed by atoms with Crippen molar-refractivity contribution in [2.24, 2.45) is 0 Å². The maximum atomic E-state index is 12.7. The number of nitrogens with zero attached hydrogens (tertiary/aromatic N) is 6. The molecule has 2 aromatic rings. The van der Waals surface area contributed by atoms with Crippen LogP contribution in [0, 0.1) is 0 Å². The third kappa shape index (κ3) is 3.42. The van der Waals surface area contributed by atoms with Gasteiger partial charge in [-0.1, -0.05) is 0 Å². The minimum atomic E-state index is 0.144. The molecule has 7 heteroatoms. The summed E-state index contributed by atoms with van der Waals surface area (Å²) in [7, 11) is 1.97. The molecule has 7 nitrogen and oxygen atoms in total. The number of rotatable bonds is 5. The van der Waals surface area contributed by atoms with Gasteiger partial charge >= 0.3 is 0 Å². The molecule has 1 amide bonds. The largest absolute Gasteiger partial charge is 0.332 e. The van der Waals surface area contributed by atoms with Crippen LogP contribution in [-0.2, 0) is 17.9 Å². The number of carbonyl (C=O) groups excluding carboxylic acids is 1. The zero-order chi connectivity index (χ0) is 17.4. The van der Waals surface area contributed by atoms with Gasteiger partial charge in [0.15, 0.2) is 5.82 Å².